The molecule has 0 unspecified atom stereocenters. The molecule has 6 nitrogen and oxygen atoms in total. The lowest BCUT2D eigenvalue weighted by Gasteiger charge is -2.28. The summed E-state index contributed by atoms with van der Waals surface area (Å²) in [5.41, 5.74) is 4.07. The molecule has 2 aromatic carbocycles. The number of nitrogens with zero attached hydrogens (tertiary/aromatic N) is 2. The van der Waals surface area contributed by atoms with E-state index in [4.69, 9.17) is 4.74 Å². The predicted molar refractivity (Wildman–Crippen MR) is 113 cm³/mol. The highest BCUT2D eigenvalue weighted by molar-refractivity contribution is 5.93. The van der Waals surface area contributed by atoms with Crippen LogP contribution in [0.15, 0.2) is 67.0 Å². The van der Waals surface area contributed by atoms with Gasteiger partial charge in [-0.1, -0.05) is 24.3 Å². The fourth-order valence-corrected chi connectivity index (χ4v) is 3.63. The fraction of sp³-hybridized carbons (Fsp3) is 0.217. The van der Waals surface area contributed by atoms with Crippen LogP contribution in [0.5, 0.6) is 5.75 Å². The maximum atomic E-state index is 11.4. The number of aromatic nitrogens is 1. The van der Waals surface area contributed by atoms with Crippen molar-refractivity contribution in [1.29, 1.82) is 0 Å². The molecule has 0 saturated heterocycles. The van der Waals surface area contributed by atoms with Gasteiger partial charge in [0.1, 0.15) is 5.75 Å². The Morgan fingerprint density at radius 1 is 1.21 bits per heavy atom. The first kappa shape index (κ1) is 18.8. The lowest BCUT2D eigenvalue weighted by atomic mass is 9.92. The van der Waals surface area contributed by atoms with Crippen molar-refractivity contribution in [2.24, 2.45) is 0 Å². The molecule has 2 heterocycles. The van der Waals surface area contributed by atoms with Gasteiger partial charge in [-0.2, -0.15) is 0 Å². The molecule has 1 aliphatic heterocycles. The topological polar surface area (TPSA) is 74.7 Å². The maximum Gasteiger partial charge on any atom is 0.337 e. The summed E-state index contributed by atoms with van der Waals surface area (Å²) in [4.78, 5) is 17.6. The van der Waals surface area contributed by atoms with Crippen molar-refractivity contribution in [2.45, 2.75) is 12.3 Å². The van der Waals surface area contributed by atoms with Crippen molar-refractivity contribution in [3.63, 3.8) is 0 Å². The zero-order chi connectivity index (χ0) is 20.2. The Balaban J connectivity index is 1.53. The normalized spacial score (nSPS) is 15.1. The minimum atomic E-state index is -0.962. The van der Waals surface area contributed by atoms with Crippen molar-refractivity contribution in [2.75, 3.05) is 30.4 Å². The summed E-state index contributed by atoms with van der Waals surface area (Å²) in [6.45, 7) is 1.26. The van der Waals surface area contributed by atoms with Gasteiger partial charge in [0, 0.05) is 43.1 Å². The van der Waals surface area contributed by atoms with E-state index in [0.29, 0.717) is 18.8 Å². The van der Waals surface area contributed by atoms with E-state index < -0.39 is 5.97 Å². The fourth-order valence-electron chi connectivity index (χ4n) is 3.63. The van der Waals surface area contributed by atoms with Crippen LogP contribution in [0.25, 0.3) is 0 Å². The van der Waals surface area contributed by atoms with Crippen LogP contribution in [0.1, 0.15) is 28.3 Å². The minimum absolute atomic E-state index is 0.229. The third-order valence-electron chi connectivity index (χ3n) is 5.28. The van der Waals surface area contributed by atoms with E-state index in [9.17, 15) is 9.90 Å². The third kappa shape index (κ3) is 4.01. The molecule has 2 N–H and O–H groups in total. The monoisotopic (exact) mass is 389 g/mol. The number of para-hydroxylation sites is 1. The number of nitrogens with one attached hydrogen (secondary N) is 1. The number of carbonyl (C=O) groups is 1. The Hall–Kier alpha value is -3.54. The molecular weight excluding hydrogens is 366 g/mol. The number of carboxylic acid groups (broad SMARTS) is 1. The van der Waals surface area contributed by atoms with Crippen LogP contribution in [0.4, 0.5) is 17.1 Å². The van der Waals surface area contributed by atoms with Crippen LogP contribution in [-0.2, 0) is 0 Å². The zero-order valence-electron chi connectivity index (χ0n) is 16.2. The zero-order valence-corrected chi connectivity index (χ0v) is 16.2. The highest BCUT2D eigenvalue weighted by Crippen LogP contribution is 2.37. The second kappa shape index (κ2) is 8.22. The predicted octanol–water partition coefficient (Wildman–Crippen LogP) is 4.53. The molecule has 29 heavy (non-hydrogen) atoms. The summed E-state index contributed by atoms with van der Waals surface area (Å²) in [5, 5.41) is 12.6. The number of rotatable bonds is 6. The molecule has 1 aromatic heterocycles. The van der Waals surface area contributed by atoms with Gasteiger partial charge in [-0.05, 0) is 36.2 Å². The molecule has 1 aliphatic rings. The van der Waals surface area contributed by atoms with Crippen molar-refractivity contribution < 1.29 is 14.6 Å². The Morgan fingerprint density at radius 2 is 2.03 bits per heavy atom. The van der Waals surface area contributed by atoms with Gasteiger partial charge in [0.05, 0.1) is 24.1 Å². The second-order valence-corrected chi connectivity index (χ2v) is 7.06. The van der Waals surface area contributed by atoms with Crippen LogP contribution in [0, 0.1) is 0 Å². The van der Waals surface area contributed by atoms with Gasteiger partial charge in [0.15, 0.2) is 0 Å². The van der Waals surface area contributed by atoms with Gasteiger partial charge in [0.2, 0.25) is 0 Å². The number of carboxylic acids is 1. The number of ether oxygens (including phenoxy) is 1. The lowest BCUT2D eigenvalue weighted by Crippen LogP contribution is -2.22. The van der Waals surface area contributed by atoms with E-state index in [2.05, 4.69) is 45.5 Å². The summed E-state index contributed by atoms with van der Waals surface area (Å²) in [7, 11) is 2.04. The summed E-state index contributed by atoms with van der Waals surface area (Å²) >= 11 is 0. The average molecular weight is 389 g/mol. The van der Waals surface area contributed by atoms with Crippen molar-refractivity contribution in [3.05, 3.63) is 78.1 Å². The molecule has 0 radical (unpaired) electrons. The first-order chi connectivity index (χ1) is 14.1. The largest absolute Gasteiger partial charge is 0.493 e. The van der Waals surface area contributed by atoms with Crippen LogP contribution >= 0.6 is 0 Å². The highest BCUT2D eigenvalue weighted by Gasteiger charge is 2.23. The van der Waals surface area contributed by atoms with E-state index >= 15 is 0 Å². The van der Waals surface area contributed by atoms with Gasteiger partial charge in [-0.15, -0.1) is 0 Å². The van der Waals surface area contributed by atoms with Gasteiger partial charge in [0.25, 0.3) is 0 Å². The molecule has 0 fully saturated rings. The molecule has 0 amide bonds. The van der Waals surface area contributed by atoms with Crippen molar-refractivity contribution >= 4 is 23.0 Å². The number of benzene rings is 2. The molecule has 0 bridgehead atoms. The van der Waals surface area contributed by atoms with E-state index in [-0.39, 0.29) is 11.5 Å². The van der Waals surface area contributed by atoms with Crippen LogP contribution < -0.4 is 15.0 Å². The average Bonchev–Trinajstić information content (AvgIpc) is 2.77. The van der Waals surface area contributed by atoms with Crippen molar-refractivity contribution in [3.8, 4) is 5.75 Å². The standard InChI is InChI=1S/C23H23N3O3/c1-26(17-5-3-2-4-6-17)18-7-8-19-16(10-12-29-22(19)13-18)14-25-21-15-24-11-9-20(21)23(27)28/h2-9,11,13,15-16,25H,10,12,14H2,1H3,(H,27,28)/t16-/m0/s1. The van der Waals surface area contributed by atoms with Crippen molar-refractivity contribution in [1.82, 2.24) is 4.98 Å². The van der Waals surface area contributed by atoms with Crippen LogP contribution in [0.2, 0.25) is 0 Å². The van der Waals surface area contributed by atoms with E-state index in [1.807, 2.05) is 25.2 Å². The molecule has 0 aliphatic carbocycles. The Labute approximate surface area is 169 Å². The molecule has 1 atom stereocenters. The van der Waals surface area contributed by atoms with Gasteiger partial charge >= 0.3 is 5.97 Å². The number of pyridine rings is 1. The summed E-state index contributed by atoms with van der Waals surface area (Å²) in [5.74, 6) is 0.153. The van der Waals surface area contributed by atoms with Crippen LogP contribution in [0.3, 0.4) is 0 Å². The summed E-state index contributed by atoms with van der Waals surface area (Å²) in [6.07, 6.45) is 3.92. The first-order valence-corrected chi connectivity index (χ1v) is 9.60. The molecule has 0 spiro atoms. The number of anilines is 3. The quantitative estimate of drug-likeness (QED) is 0.645. The minimum Gasteiger partial charge on any atom is -0.493 e. The SMILES string of the molecule is CN(c1ccccc1)c1ccc2c(c1)OCC[C@H]2CNc1cnccc1C(=O)O. The molecule has 148 valence electrons. The molecule has 6 heteroatoms. The molecule has 3 aromatic rings. The lowest BCUT2D eigenvalue weighted by molar-refractivity contribution is 0.0697. The Bertz CT molecular complexity index is 1010. The van der Waals surface area contributed by atoms with E-state index in [1.54, 1.807) is 6.20 Å². The highest BCUT2D eigenvalue weighted by atomic mass is 16.5. The second-order valence-electron chi connectivity index (χ2n) is 7.06. The van der Waals surface area contributed by atoms with Gasteiger partial charge in [-0.3, -0.25) is 4.98 Å². The summed E-state index contributed by atoms with van der Waals surface area (Å²) < 4.78 is 5.93. The Morgan fingerprint density at radius 3 is 2.83 bits per heavy atom. The van der Waals surface area contributed by atoms with E-state index in [1.165, 1.54) is 12.3 Å². The molecule has 0 saturated carbocycles. The van der Waals surface area contributed by atoms with Gasteiger partial charge in [-0.25, -0.2) is 4.79 Å². The van der Waals surface area contributed by atoms with E-state index in [0.717, 1.165) is 29.1 Å². The summed E-state index contributed by atoms with van der Waals surface area (Å²) in [6, 6.07) is 18.0. The Kier molecular flexibility index (Phi) is 5.33. The third-order valence-corrected chi connectivity index (χ3v) is 5.28. The number of hydrogen-bond acceptors (Lipinski definition) is 5. The van der Waals surface area contributed by atoms with Crippen LogP contribution in [-0.4, -0.2) is 36.3 Å². The van der Waals surface area contributed by atoms with Gasteiger partial charge < -0.3 is 20.1 Å². The molecule has 4 rings (SSSR count). The number of fused-ring (bicyclic) bond motifs is 1. The smallest absolute Gasteiger partial charge is 0.337 e. The number of hydrogen-bond donors (Lipinski definition) is 2. The molecular formula is C23H23N3O3. The first-order valence-electron chi connectivity index (χ1n) is 9.60. The maximum absolute atomic E-state index is 11.4. The number of aromatic carboxylic acids is 1.